The van der Waals surface area contributed by atoms with Gasteiger partial charge in [-0.05, 0) is 79.2 Å². The summed E-state index contributed by atoms with van der Waals surface area (Å²) in [6, 6.07) is 15.9. The first-order valence-corrected chi connectivity index (χ1v) is 10.8. The van der Waals surface area contributed by atoms with Gasteiger partial charge in [-0.2, -0.15) is 4.98 Å². The SMILES string of the molecule is Cc1cc(I)ccc1NC(=O)C1CCN(Cc2nc(-c3ccccc3)no2)CC1. The van der Waals surface area contributed by atoms with Crippen molar-refractivity contribution in [1.29, 1.82) is 0 Å². The zero-order valence-electron chi connectivity index (χ0n) is 16.3. The summed E-state index contributed by atoms with van der Waals surface area (Å²) in [5.41, 5.74) is 2.94. The van der Waals surface area contributed by atoms with Crippen molar-refractivity contribution >= 4 is 34.2 Å². The number of hydrogen-bond donors (Lipinski definition) is 1. The molecule has 0 spiro atoms. The molecule has 0 atom stereocenters. The van der Waals surface area contributed by atoms with Crippen LogP contribution in [0.3, 0.4) is 0 Å². The van der Waals surface area contributed by atoms with Crippen molar-refractivity contribution in [1.82, 2.24) is 15.0 Å². The first kappa shape index (κ1) is 20.0. The average molecular weight is 502 g/mol. The lowest BCUT2D eigenvalue weighted by molar-refractivity contribution is -0.121. The first-order chi connectivity index (χ1) is 14.1. The predicted molar refractivity (Wildman–Crippen MR) is 120 cm³/mol. The molecule has 3 aromatic rings. The van der Waals surface area contributed by atoms with Crippen LogP contribution in [0, 0.1) is 16.4 Å². The molecule has 0 unspecified atom stereocenters. The lowest BCUT2D eigenvalue weighted by Crippen LogP contribution is -2.37. The Hall–Kier alpha value is -2.26. The van der Waals surface area contributed by atoms with Crippen LogP contribution in [-0.2, 0) is 11.3 Å². The normalized spacial score (nSPS) is 15.4. The summed E-state index contributed by atoms with van der Waals surface area (Å²) in [6.07, 6.45) is 1.66. The number of anilines is 1. The number of aryl methyl sites for hydroxylation is 1. The molecule has 1 amide bonds. The molecule has 0 radical (unpaired) electrons. The molecule has 6 nitrogen and oxygen atoms in total. The summed E-state index contributed by atoms with van der Waals surface area (Å²) in [5, 5.41) is 7.17. The molecule has 1 N–H and O–H groups in total. The fourth-order valence-electron chi connectivity index (χ4n) is 3.57. The minimum atomic E-state index is 0.0347. The molecule has 0 aliphatic carbocycles. The number of halogens is 1. The van der Waals surface area contributed by atoms with Gasteiger partial charge in [0, 0.05) is 20.7 Å². The third-order valence-corrected chi connectivity index (χ3v) is 5.93. The second-order valence-corrected chi connectivity index (χ2v) is 8.62. The van der Waals surface area contributed by atoms with Crippen molar-refractivity contribution in [3.05, 3.63) is 63.6 Å². The smallest absolute Gasteiger partial charge is 0.241 e. The highest BCUT2D eigenvalue weighted by molar-refractivity contribution is 14.1. The van der Waals surface area contributed by atoms with Crippen molar-refractivity contribution in [3.63, 3.8) is 0 Å². The maximum absolute atomic E-state index is 12.7. The van der Waals surface area contributed by atoms with Gasteiger partial charge in [0.1, 0.15) is 0 Å². The van der Waals surface area contributed by atoms with Crippen LogP contribution in [0.15, 0.2) is 53.1 Å². The van der Waals surface area contributed by atoms with Gasteiger partial charge in [0.25, 0.3) is 0 Å². The molecule has 2 aromatic carbocycles. The van der Waals surface area contributed by atoms with Crippen LogP contribution in [0.4, 0.5) is 5.69 Å². The molecule has 7 heteroatoms. The quantitative estimate of drug-likeness (QED) is 0.521. The summed E-state index contributed by atoms with van der Waals surface area (Å²) in [5.74, 6) is 1.37. The van der Waals surface area contributed by atoms with Crippen LogP contribution in [0.2, 0.25) is 0 Å². The Labute approximate surface area is 183 Å². The standard InChI is InChI=1S/C22H23IN4O2/c1-15-13-18(23)7-8-19(15)24-22(28)17-9-11-27(12-10-17)14-20-25-21(26-29-20)16-5-3-2-4-6-16/h2-8,13,17H,9-12,14H2,1H3,(H,24,28). The van der Waals surface area contributed by atoms with E-state index in [0.717, 1.165) is 42.7 Å². The van der Waals surface area contributed by atoms with E-state index in [2.05, 4.69) is 49.0 Å². The number of amides is 1. The Morgan fingerprint density at radius 3 is 2.69 bits per heavy atom. The third-order valence-electron chi connectivity index (χ3n) is 5.26. The molecule has 1 aromatic heterocycles. The van der Waals surface area contributed by atoms with E-state index in [9.17, 15) is 4.79 Å². The van der Waals surface area contributed by atoms with Crippen molar-refractivity contribution < 1.29 is 9.32 Å². The fourth-order valence-corrected chi connectivity index (χ4v) is 4.22. The molecule has 1 aliphatic rings. The lowest BCUT2D eigenvalue weighted by Gasteiger charge is -2.30. The Bertz CT molecular complexity index is 981. The third kappa shape index (κ3) is 5.02. The van der Waals surface area contributed by atoms with E-state index < -0.39 is 0 Å². The lowest BCUT2D eigenvalue weighted by atomic mass is 9.95. The van der Waals surface area contributed by atoms with E-state index in [1.165, 1.54) is 3.57 Å². The predicted octanol–water partition coefficient (Wildman–Crippen LogP) is 4.50. The number of aromatic nitrogens is 2. The van der Waals surface area contributed by atoms with Crippen molar-refractivity contribution in [2.45, 2.75) is 26.3 Å². The summed E-state index contributed by atoms with van der Waals surface area (Å²) >= 11 is 2.28. The number of nitrogens with one attached hydrogen (secondary N) is 1. The van der Waals surface area contributed by atoms with E-state index in [0.29, 0.717) is 18.3 Å². The number of likely N-dealkylation sites (tertiary alicyclic amines) is 1. The number of rotatable bonds is 5. The first-order valence-electron chi connectivity index (χ1n) is 9.76. The van der Waals surface area contributed by atoms with E-state index in [4.69, 9.17) is 4.52 Å². The van der Waals surface area contributed by atoms with E-state index in [-0.39, 0.29) is 11.8 Å². The molecular formula is C22H23IN4O2. The molecule has 0 bridgehead atoms. The largest absolute Gasteiger partial charge is 0.338 e. The Morgan fingerprint density at radius 2 is 1.97 bits per heavy atom. The van der Waals surface area contributed by atoms with Gasteiger partial charge in [0.2, 0.25) is 17.6 Å². The van der Waals surface area contributed by atoms with Gasteiger partial charge >= 0.3 is 0 Å². The Balaban J connectivity index is 1.29. The molecule has 1 aliphatic heterocycles. The highest BCUT2D eigenvalue weighted by Gasteiger charge is 2.26. The van der Waals surface area contributed by atoms with Gasteiger partial charge in [0.05, 0.1) is 6.54 Å². The molecular weight excluding hydrogens is 479 g/mol. The maximum Gasteiger partial charge on any atom is 0.241 e. The Kier molecular flexibility index (Phi) is 6.25. The molecule has 29 heavy (non-hydrogen) atoms. The van der Waals surface area contributed by atoms with E-state index in [1.807, 2.05) is 49.4 Å². The summed E-state index contributed by atoms with van der Waals surface area (Å²) in [6.45, 7) is 4.32. The second-order valence-electron chi connectivity index (χ2n) is 7.38. The molecule has 150 valence electrons. The summed E-state index contributed by atoms with van der Waals surface area (Å²) in [4.78, 5) is 19.4. The summed E-state index contributed by atoms with van der Waals surface area (Å²) < 4.78 is 6.58. The van der Waals surface area contributed by atoms with Crippen LogP contribution < -0.4 is 5.32 Å². The van der Waals surface area contributed by atoms with Gasteiger partial charge in [-0.1, -0.05) is 35.5 Å². The summed E-state index contributed by atoms with van der Waals surface area (Å²) in [7, 11) is 0. The van der Waals surface area contributed by atoms with E-state index >= 15 is 0 Å². The van der Waals surface area contributed by atoms with Gasteiger partial charge in [-0.25, -0.2) is 0 Å². The molecule has 4 rings (SSSR count). The highest BCUT2D eigenvalue weighted by atomic mass is 127. The molecule has 1 saturated heterocycles. The van der Waals surface area contributed by atoms with Crippen LogP contribution in [-0.4, -0.2) is 34.0 Å². The minimum absolute atomic E-state index is 0.0347. The van der Waals surface area contributed by atoms with Crippen LogP contribution in [0.25, 0.3) is 11.4 Å². The van der Waals surface area contributed by atoms with Gasteiger partial charge in [0.15, 0.2) is 0 Å². The van der Waals surface area contributed by atoms with Gasteiger partial charge in [-0.15, -0.1) is 0 Å². The van der Waals surface area contributed by atoms with Crippen LogP contribution in [0.1, 0.15) is 24.3 Å². The fraction of sp³-hybridized carbons (Fsp3) is 0.318. The average Bonchev–Trinajstić information content (AvgIpc) is 3.20. The number of carbonyl (C=O) groups is 1. The Morgan fingerprint density at radius 1 is 1.21 bits per heavy atom. The topological polar surface area (TPSA) is 71.3 Å². The van der Waals surface area contributed by atoms with Crippen molar-refractivity contribution in [3.8, 4) is 11.4 Å². The molecule has 1 fully saturated rings. The molecule has 0 saturated carbocycles. The number of benzene rings is 2. The van der Waals surface area contributed by atoms with Crippen LogP contribution in [0.5, 0.6) is 0 Å². The number of carbonyl (C=O) groups excluding carboxylic acids is 1. The van der Waals surface area contributed by atoms with Crippen molar-refractivity contribution in [2.75, 3.05) is 18.4 Å². The molecule has 2 heterocycles. The number of hydrogen-bond acceptors (Lipinski definition) is 5. The highest BCUT2D eigenvalue weighted by Crippen LogP contribution is 2.23. The zero-order valence-corrected chi connectivity index (χ0v) is 18.4. The second kappa shape index (κ2) is 9.04. The zero-order chi connectivity index (χ0) is 20.2. The minimum Gasteiger partial charge on any atom is -0.338 e. The number of piperidine rings is 1. The van der Waals surface area contributed by atoms with Crippen molar-refractivity contribution in [2.24, 2.45) is 5.92 Å². The maximum atomic E-state index is 12.7. The van der Waals surface area contributed by atoms with Crippen LogP contribution >= 0.6 is 22.6 Å². The van der Waals surface area contributed by atoms with Gasteiger partial charge < -0.3 is 9.84 Å². The van der Waals surface area contributed by atoms with Gasteiger partial charge in [-0.3, -0.25) is 9.69 Å². The van der Waals surface area contributed by atoms with E-state index in [1.54, 1.807) is 0 Å². The number of nitrogens with zero attached hydrogens (tertiary/aromatic N) is 3. The monoisotopic (exact) mass is 502 g/mol.